The van der Waals surface area contributed by atoms with Crippen LogP contribution in [0.25, 0.3) is 0 Å². The van der Waals surface area contributed by atoms with Crippen molar-refractivity contribution in [3.8, 4) is 0 Å². The summed E-state index contributed by atoms with van der Waals surface area (Å²) in [6.07, 6.45) is -1.03. The summed E-state index contributed by atoms with van der Waals surface area (Å²) in [7, 11) is 0. The molecule has 2 unspecified atom stereocenters. The maximum atomic E-state index is 8.62. The van der Waals surface area contributed by atoms with Crippen molar-refractivity contribution < 1.29 is 45.9 Å². The molecule has 8 heavy (non-hydrogen) atoms. The Kier molecular flexibility index (Phi) is 4.24. The maximum absolute atomic E-state index is 8.62. The maximum Gasteiger partial charge on any atom is 1.00 e. The second-order valence-electron chi connectivity index (χ2n) is 1.62. The molecule has 4 heteroatoms. The first kappa shape index (κ1) is 8.88. The summed E-state index contributed by atoms with van der Waals surface area (Å²) in [4.78, 5) is 0. The van der Waals surface area contributed by atoms with Crippen LogP contribution in [0.3, 0.4) is 0 Å². The quantitative estimate of drug-likeness (QED) is 0.329. The Labute approximate surface area is 71.4 Å². The van der Waals surface area contributed by atoms with Crippen molar-refractivity contribution in [2.45, 2.75) is 18.8 Å². The Morgan fingerprint density at radius 2 is 2.12 bits per heavy atom. The first-order valence-corrected chi connectivity index (χ1v) is 2.28. The van der Waals surface area contributed by atoms with Gasteiger partial charge in [0.05, 0.1) is 6.61 Å². The van der Waals surface area contributed by atoms with Gasteiger partial charge in [0, 0.05) is 6.42 Å². The van der Waals surface area contributed by atoms with E-state index in [1.807, 2.05) is 0 Å². The minimum Gasteiger partial charge on any atom is -1.00 e. The van der Waals surface area contributed by atoms with Crippen LogP contribution in [0, 0.1) is 0 Å². The second-order valence-corrected chi connectivity index (χ2v) is 1.62. The number of ether oxygens (including phenoxy) is 1. The smallest absolute Gasteiger partial charge is 1.00 e. The summed E-state index contributed by atoms with van der Waals surface area (Å²) in [5, 5.41) is 17.1. The third-order valence-electron chi connectivity index (χ3n) is 1.03. The molecule has 0 aliphatic carbocycles. The van der Waals surface area contributed by atoms with Crippen LogP contribution in [-0.2, 0) is 4.74 Å². The van der Waals surface area contributed by atoms with Crippen LogP contribution in [0.4, 0.5) is 0 Å². The third kappa shape index (κ3) is 2.01. The van der Waals surface area contributed by atoms with Gasteiger partial charge in [0.15, 0.2) is 6.29 Å². The summed E-state index contributed by atoms with van der Waals surface area (Å²) in [6.45, 7) is 0.475. The summed E-state index contributed by atoms with van der Waals surface area (Å²) in [5.74, 6) is 0. The molecule has 1 fully saturated rings. The molecule has 0 aromatic carbocycles. The summed E-state index contributed by atoms with van der Waals surface area (Å²) in [5.41, 5.74) is 0. The minimum absolute atomic E-state index is 0. The molecule has 2 atom stereocenters. The molecule has 0 aromatic rings. The zero-order valence-corrected chi connectivity index (χ0v) is 6.87. The Morgan fingerprint density at radius 3 is 2.25 bits per heavy atom. The molecule has 0 aromatic heterocycles. The average Bonchev–Trinajstić information content (AvgIpc) is 1.91. The number of hydrogen-bond acceptors (Lipinski definition) is 3. The van der Waals surface area contributed by atoms with Gasteiger partial charge >= 0.3 is 29.6 Å². The van der Waals surface area contributed by atoms with Crippen molar-refractivity contribution in [2.75, 3.05) is 6.61 Å². The Bertz CT molecular complexity index is 64.8. The van der Waals surface area contributed by atoms with Crippen LogP contribution in [0.15, 0.2) is 0 Å². The van der Waals surface area contributed by atoms with E-state index in [4.69, 9.17) is 10.2 Å². The normalized spacial score (nSPS) is 36.8. The molecule has 0 bridgehead atoms. The van der Waals surface area contributed by atoms with E-state index >= 15 is 0 Å². The standard InChI is InChI=1S/C4H8O3.Na.H/c5-3-1-2-7-4(3)6;;/h3-6H,1-2H2;;/q;+1;-1. The zero-order valence-electron chi connectivity index (χ0n) is 5.87. The predicted octanol–water partition coefficient (Wildman–Crippen LogP) is -3.80. The molecular formula is C4H9NaO3. The summed E-state index contributed by atoms with van der Waals surface area (Å²) >= 11 is 0. The molecule has 0 saturated carbocycles. The van der Waals surface area contributed by atoms with Crippen molar-refractivity contribution in [1.29, 1.82) is 0 Å². The van der Waals surface area contributed by atoms with E-state index in [2.05, 4.69) is 4.74 Å². The number of hydrogen-bond donors (Lipinski definition) is 2. The van der Waals surface area contributed by atoms with E-state index in [1.54, 1.807) is 0 Å². The molecule has 0 spiro atoms. The fourth-order valence-electron chi connectivity index (χ4n) is 0.563. The number of aliphatic hydroxyl groups excluding tert-OH is 2. The molecule has 1 aliphatic rings. The van der Waals surface area contributed by atoms with Gasteiger partial charge in [0.1, 0.15) is 6.10 Å². The topological polar surface area (TPSA) is 49.7 Å². The van der Waals surface area contributed by atoms with Gasteiger partial charge in [-0.3, -0.25) is 0 Å². The zero-order chi connectivity index (χ0) is 5.28. The molecule has 1 rings (SSSR count). The predicted molar refractivity (Wildman–Crippen MR) is 23.7 cm³/mol. The SMILES string of the molecule is OC1CCOC1O.[H-].[Na+]. The molecule has 3 nitrogen and oxygen atoms in total. The van der Waals surface area contributed by atoms with Crippen LogP contribution >= 0.6 is 0 Å². The van der Waals surface area contributed by atoms with E-state index in [0.29, 0.717) is 13.0 Å². The Morgan fingerprint density at radius 1 is 1.50 bits per heavy atom. The molecule has 2 N–H and O–H groups in total. The fraction of sp³-hybridized carbons (Fsp3) is 1.00. The summed E-state index contributed by atoms with van der Waals surface area (Å²) in [6, 6.07) is 0. The monoisotopic (exact) mass is 128 g/mol. The van der Waals surface area contributed by atoms with Gasteiger partial charge in [0.2, 0.25) is 0 Å². The molecule has 1 saturated heterocycles. The van der Waals surface area contributed by atoms with Crippen molar-refractivity contribution in [3.63, 3.8) is 0 Å². The molecule has 0 radical (unpaired) electrons. The van der Waals surface area contributed by atoms with Gasteiger partial charge in [-0.05, 0) is 0 Å². The third-order valence-corrected chi connectivity index (χ3v) is 1.03. The Balaban J connectivity index is 0. The number of rotatable bonds is 0. The van der Waals surface area contributed by atoms with Gasteiger partial charge < -0.3 is 16.4 Å². The average molecular weight is 128 g/mol. The van der Waals surface area contributed by atoms with Crippen molar-refractivity contribution in [3.05, 3.63) is 0 Å². The van der Waals surface area contributed by atoms with Gasteiger partial charge in [-0.15, -0.1) is 0 Å². The van der Waals surface area contributed by atoms with Crippen molar-refractivity contribution in [2.24, 2.45) is 0 Å². The van der Waals surface area contributed by atoms with Gasteiger partial charge in [-0.25, -0.2) is 0 Å². The van der Waals surface area contributed by atoms with E-state index in [-0.39, 0.29) is 31.0 Å². The van der Waals surface area contributed by atoms with Crippen LogP contribution in [0.1, 0.15) is 7.85 Å². The minimum atomic E-state index is -0.931. The largest absolute Gasteiger partial charge is 1.00 e. The molecule has 44 valence electrons. The summed E-state index contributed by atoms with van der Waals surface area (Å²) < 4.78 is 4.57. The van der Waals surface area contributed by atoms with E-state index in [1.165, 1.54) is 0 Å². The number of aliphatic hydroxyl groups is 2. The molecular weight excluding hydrogens is 119 g/mol. The fourth-order valence-corrected chi connectivity index (χ4v) is 0.563. The first-order chi connectivity index (χ1) is 3.30. The van der Waals surface area contributed by atoms with E-state index < -0.39 is 12.4 Å². The van der Waals surface area contributed by atoms with Crippen molar-refractivity contribution in [1.82, 2.24) is 0 Å². The molecule has 0 amide bonds. The van der Waals surface area contributed by atoms with E-state index in [0.717, 1.165) is 0 Å². The Hall–Kier alpha value is 0.880. The first-order valence-electron chi connectivity index (χ1n) is 2.28. The van der Waals surface area contributed by atoms with Gasteiger partial charge in [-0.2, -0.15) is 0 Å². The molecule has 1 aliphatic heterocycles. The van der Waals surface area contributed by atoms with Gasteiger partial charge in [0.25, 0.3) is 0 Å². The van der Waals surface area contributed by atoms with E-state index in [9.17, 15) is 0 Å². The van der Waals surface area contributed by atoms with Crippen LogP contribution < -0.4 is 29.6 Å². The second kappa shape index (κ2) is 3.82. The van der Waals surface area contributed by atoms with Crippen molar-refractivity contribution >= 4 is 0 Å². The molecule has 1 heterocycles. The van der Waals surface area contributed by atoms with Gasteiger partial charge in [-0.1, -0.05) is 0 Å². The van der Waals surface area contributed by atoms with Crippen LogP contribution in [0.2, 0.25) is 0 Å². The van der Waals surface area contributed by atoms with Crippen LogP contribution in [-0.4, -0.2) is 29.2 Å². The van der Waals surface area contributed by atoms with Crippen LogP contribution in [0.5, 0.6) is 0 Å².